The van der Waals surface area contributed by atoms with Gasteiger partial charge in [-0.1, -0.05) is 0 Å². The van der Waals surface area contributed by atoms with Crippen LogP contribution in [0.5, 0.6) is 0 Å². The summed E-state index contributed by atoms with van der Waals surface area (Å²) in [5, 5.41) is 4.90. The van der Waals surface area contributed by atoms with Crippen molar-refractivity contribution in [3.05, 3.63) is 0 Å². The lowest BCUT2D eigenvalue weighted by atomic mass is 9.89. The Balaban J connectivity index is 1.94. The molecule has 0 radical (unpaired) electrons. The van der Waals surface area contributed by atoms with Crippen LogP contribution in [0.1, 0.15) is 33.1 Å². The molecule has 7 nitrogen and oxygen atoms in total. The summed E-state index contributed by atoms with van der Waals surface area (Å²) in [5.41, 5.74) is -1.28. The molecule has 0 aromatic carbocycles. The summed E-state index contributed by atoms with van der Waals surface area (Å²) in [6.07, 6.45) is 2.02. The van der Waals surface area contributed by atoms with E-state index in [1.54, 1.807) is 0 Å². The smallest absolute Gasteiger partial charge is 0.330 e. The minimum atomic E-state index is -1.28. The third-order valence-corrected chi connectivity index (χ3v) is 3.32. The van der Waals surface area contributed by atoms with E-state index in [1.807, 2.05) is 0 Å². The average Bonchev–Trinajstić information content (AvgIpc) is 3.11. The van der Waals surface area contributed by atoms with Gasteiger partial charge in [0.15, 0.2) is 0 Å². The van der Waals surface area contributed by atoms with E-state index in [0.717, 1.165) is 17.7 Å². The number of carbonyl (C=O) groups excluding carboxylic acids is 4. The molecule has 1 saturated carbocycles. The molecule has 0 aromatic heterocycles. The molecule has 0 atom stereocenters. The van der Waals surface area contributed by atoms with Gasteiger partial charge in [-0.15, -0.1) is 0 Å². The highest BCUT2D eigenvalue weighted by Gasteiger charge is 2.46. The Morgan fingerprint density at radius 2 is 2.00 bits per heavy atom. The lowest BCUT2D eigenvalue weighted by Gasteiger charge is -2.34. The number of nitrogens with one attached hydrogen (secondary N) is 2. The number of barbiturate groups is 1. The second-order valence-corrected chi connectivity index (χ2v) is 5.43. The first-order valence-corrected chi connectivity index (χ1v) is 6.29. The van der Waals surface area contributed by atoms with E-state index in [2.05, 4.69) is 10.6 Å². The van der Waals surface area contributed by atoms with Gasteiger partial charge in [-0.25, -0.2) is 4.79 Å². The first kappa shape index (κ1) is 13.5. The van der Waals surface area contributed by atoms with Gasteiger partial charge >= 0.3 is 6.03 Å². The Bertz CT molecular complexity index is 454. The molecule has 5 amide bonds. The van der Waals surface area contributed by atoms with Crippen molar-refractivity contribution in [2.45, 2.75) is 39.2 Å². The Labute approximate surface area is 110 Å². The molecule has 2 N–H and O–H groups in total. The minimum Gasteiger partial charge on any atom is -0.353 e. The van der Waals surface area contributed by atoms with E-state index in [-0.39, 0.29) is 24.9 Å². The monoisotopic (exact) mass is 267 g/mol. The van der Waals surface area contributed by atoms with Crippen LogP contribution >= 0.6 is 0 Å². The summed E-state index contributed by atoms with van der Waals surface area (Å²) in [6.45, 7) is 2.89. The van der Waals surface area contributed by atoms with Crippen LogP contribution in [0.15, 0.2) is 0 Å². The van der Waals surface area contributed by atoms with Crippen LogP contribution in [-0.2, 0) is 14.4 Å². The molecule has 1 aliphatic heterocycles. The Hall–Kier alpha value is -1.92. The van der Waals surface area contributed by atoms with Crippen LogP contribution in [0, 0.1) is 5.41 Å². The third-order valence-electron chi connectivity index (χ3n) is 3.32. The van der Waals surface area contributed by atoms with Gasteiger partial charge in [0.25, 0.3) is 0 Å². The molecular formula is C12H17N3O4. The number of nitrogens with zero attached hydrogens (tertiary/aromatic N) is 1. The molecule has 0 unspecified atom stereocenters. The standard InChI is InChI=1S/C12H17N3O4/c1-12(2)9(17)14-11(19)15(10(12)18)6-5-8(16)13-7-3-4-7/h7H,3-6H2,1-2H3,(H,13,16)(H,14,17,19). The molecule has 104 valence electrons. The average molecular weight is 267 g/mol. The van der Waals surface area contributed by atoms with Crippen LogP contribution in [0.2, 0.25) is 0 Å². The van der Waals surface area contributed by atoms with Crippen molar-refractivity contribution in [3.63, 3.8) is 0 Å². The normalized spacial score (nSPS) is 22.2. The Morgan fingerprint density at radius 3 is 2.58 bits per heavy atom. The fourth-order valence-electron chi connectivity index (χ4n) is 1.79. The minimum absolute atomic E-state index is 0.0140. The largest absolute Gasteiger partial charge is 0.353 e. The van der Waals surface area contributed by atoms with Crippen LogP contribution < -0.4 is 10.6 Å². The molecule has 2 aliphatic rings. The second kappa shape index (κ2) is 4.64. The zero-order valence-corrected chi connectivity index (χ0v) is 11.0. The topological polar surface area (TPSA) is 95.6 Å². The first-order chi connectivity index (χ1) is 8.82. The number of carbonyl (C=O) groups is 4. The highest BCUT2D eigenvalue weighted by Crippen LogP contribution is 2.23. The maximum Gasteiger partial charge on any atom is 0.330 e. The number of imide groups is 2. The van der Waals surface area contributed by atoms with E-state index < -0.39 is 23.3 Å². The van der Waals surface area contributed by atoms with Crippen molar-refractivity contribution in [3.8, 4) is 0 Å². The Kier molecular flexibility index (Phi) is 3.30. The number of hydrogen-bond acceptors (Lipinski definition) is 4. The molecule has 1 heterocycles. The molecule has 1 saturated heterocycles. The fourth-order valence-corrected chi connectivity index (χ4v) is 1.79. The van der Waals surface area contributed by atoms with Crippen molar-refractivity contribution < 1.29 is 19.2 Å². The Morgan fingerprint density at radius 1 is 1.37 bits per heavy atom. The lowest BCUT2D eigenvalue weighted by Crippen LogP contribution is -2.62. The van der Waals surface area contributed by atoms with Gasteiger partial charge in [-0.3, -0.25) is 24.6 Å². The SMILES string of the molecule is CC1(C)C(=O)NC(=O)N(CCC(=O)NC2CC2)C1=O. The van der Waals surface area contributed by atoms with Gasteiger partial charge in [0, 0.05) is 19.0 Å². The van der Waals surface area contributed by atoms with Gasteiger partial charge in [-0.05, 0) is 26.7 Å². The molecule has 0 aromatic rings. The number of urea groups is 1. The molecule has 0 bridgehead atoms. The summed E-state index contributed by atoms with van der Waals surface area (Å²) in [4.78, 5) is 47.6. The van der Waals surface area contributed by atoms with Gasteiger partial charge in [0.1, 0.15) is 5.41 Å². The van der Waals surface area contributed by atoms with Crippen molar-refractivity contribution in [2.24, 2.45) is 5.41 Å². The molecule has 0 spiro atoms. The predicted molar refractivity (Wildman–Crippen MR) is 64.8 cm³/mol. The van der Waals surface area contributed by atoms with Gasteiger partial charge in [-0.2, -0.15) is 0 Å². The molecule has 1 aliphatic carbocycles. The van der Waals surface area contributed by atoms with Gasteiger partial charge in [0.2, 0.25) is 17.7 Å². The van der Waals surface area contributed by atoms with Crippen molar-refractivity contribution in [2.75, 3.05) is 6.54 Å². The summed E-state index contributed by atoms with van der Waals surface area (Å²) < 4.78 is 0. The van der Waals surface area contributed by atoms with E-state index in [9.17, 15) is 19.2 Å². The predicted octanol–water partition coefficient (Wildman–Crippen LogP) is -0.240. The molecule has 19 heavy (non-hydrogen) atoms. The highest BCUT2D eigenvalue weighted by molar-refractivity contribution is 6.18. The number of amides is 5. The quantitative estimate of drug-likeness (QED) is 0.687. The van der Waals surface area contributed by atoms with Crippen LogP contribution in [0.3, 0.4) is 0 Å². The van der Waals surface area contributed by atoms with E-state index >= 15 is 0 Å². The van der Waals surface area contributed by atoms with Crippen LogP contribution in [0.4, 0.5) is 4.79 Å². The molecule has 7 heteroatoms. The number of hydrogen-bond donors (Lipinski definition) is 2. The zero-order valence-electron chi connectivity index (χ0n) is 11.0. The van der Waals surface area contributed by atoms with E-state index in [4.69, 9.17) is 0 Å². The molecular weight excluding hydrogens is 250 g/mol. The summed E-state index contributed by atoms with van der Waals surface area (Å²) >= 11 is 0. The van der Waals surface area contributed by atoms with E-state index in [0.29, 0.717) is 0 Å². The zero-order chi connectivity index (χ0) is 14.2. The van der Waals surface area contributed by atoms with Gasteiger partial charge < -0.3 is 5.32 Å². The summed E-state index contributed by atoms with van der Waals surface area (Å²) in [7, 11) is 0. The highest BCUT2D eigenvalue weighted by atomic mass is 16.2. The summed E-state index contributed by atoms with van der Waals surface area (Å²) in [6, 6.07) is -0.509. The molecule has 2 fully saturated rings. The lowest BCUT2D eigenvalue weighted by molar-refractivity contribution is -0.149. The maximum atomic E-state index is 12.0. The van der Waals surface area contributed by atoms with Gasteiger partial charge in [0.05, 0.1) is 0 Å². The maximum absolute atomic E-state index is 12.0. The first-order valence-electron chi connectivity index (χ1n) is 6.29. The van der Waals surface area contributed by atoms with Crippen LogP contribution in [-0.4, -0.2) is 41.2 Å². The molecule has 2 rings (SSSR count). The van der Waals surface area contributed by atoms with Crippen molar-refractivity contribution >= 4 is 23.8 Å². The van der Waals surface area contributed by atoms with Crippen LogP contribution in [0.25, 0.3) is 0 Å². The summed E-state index contributed by atoms with van der Waals surface area (Å²) in [5.74, 6) is -1.36. The van der Waals surface area contributed by atoms with Crippen molar-refractivity contribution in [1.82, 2.24) is 15.5 Å². The van der Waals surface area contributed by atoms with E-state index in [1.165, 1.54) is 13.8 Å². The van der Waals surface area contributed by atoms with Crippen molar-refractivity contribution in [1.29, 1.82) is 0 Å². The third kappa shape index (κ3) is 2.74. The fraction of sp³-hybridized carbons (Fsp3) is 0.667. The second-order valence-electron chi connectivity index (χ2n) is 5.43. The number of rotatable bonds is 4.